The number of aliphatic hydroxyl groups excluding tert-OH is 1. The molecule has 4 heteroatoms. The quantitative estimate of drug-likeness (QED) is 0.784. The number of rotatable bonds is 1. The fourth-order valence-corrected chi connectivity index (χ4v) is 2.85. The lowest BCUT2D eigenvalue weighted by molar-refractivity contribution is 0.00578. The van der Waals surface area contributed by atoms with E-state index in [2.05, 4.69) is 33.8 Å². The summed E-state index contributed by atoms with van der Waals surface area (Å²) >= 11 is 0. The summed E-state index contributed by atoms with van der Waals surface area (Å²) in [6, 6.07) is 6.04. The summed E-state index contributed by atoms with van der Waals surface area (Å²) in [4.78, 5) is 0. The van der Waals surface area contributed by atoms with E-state index >= 15 is 0 Å². The maximum atomic E-state index is 9.97. The van der Waals surface area contributed by atoms with E-state index in [1.165, 1.54) is 5.56 Å². The van der Waals surface area contributed by atoms with Gasteiger partial charge in [-0.15, -0.1) is 0 Å². The van der Waals surface area contributed by atoms with Crippen molar-refractivity contribution in [1.29, 1.82) is 0 Å². The van der Waals surface area contributed by atoms with Crippen LogP contribution >= 0.6 is 0 Å². The molecule has 1 N–H and O–H groups in total. The van der Waals surface area contributed by atoms with E-state index in [9.17, 15) is 5.11 Å². The van der Waals surface area contributed by atoms with Crippen LogP contribution < -0.4 is 5.46 Å². The molecular weight excluding hydrogens is 239 g/mol. The number of hydrogen-bond acceptors (Lipinski definition) is 3. The molecule has 1 aromatic rings. The van der Waals surface area contributed by atoms with Crippen LogP contribution in [0.25, 0.3) is 0 Å². The zero-order valence-corrected chi connectivity index (χ0v) is 12.1. The van der Waals surface area contributed by atoms with Crippen molar-refractivity contribution in [3.8, 4) is 0 Å². The minimum absolute atomic E-state index is 0.322. The van der Waals surface area contributed by atoms with Crippen molar-refractivity contribution >= 4 is 12.6 Å². The molecule has 1 fully saturated rings. The van der Waals surface area contributed by atoms with Gasteiger partial charge in [-0.3, -0.25) is 0 Å². The first-order valence-electron chi connectivity index (χ1n) is 6.97. The van der Waals surface area contributed by atoms with E-state index in [-0.39, 0.29) is 24.4 Å². The van der Waals surface area contributed by atoms with Crippen LogP contribution in [0.4, 0.5) is 0 Å². The average molecular weight is 260 g/mol. The van der Waals surface area contributed by atoms with E-state index in [1.54, 1.807) is 0 Å². The average Bonchev–Trinajstić information content (AvgIpc) is 2.78. The summed E-state index contributed by atoms with van der Waals surface area (Å²) in [6.07, 6.45) is 1.36. The Hall–Kier alpha value is -0.835. The topological polar surface area (TPSA) is 38.7 Å². The molecule has 0 bridgehead atoms. The lowest BCUT2D eigenvalue weighted by Crippen LogP contribution is -2.41. The third-order valence-electron chi connectivity index (χ3n) is 4.78. The van der Waals surface area contributed by atoms with E-state index in [1.807, 2.05) is 12.1 Å². The monoisotopic (exact) mass is 260 g/mol. The zero-order valence-electron chi connectivity index (χ0n) is 12.1. The van der Waals surface area contributed by atoms with Crippen molar-refractivity contribution in [2.24, 2.45) is 0 Å². The molecule has 3 rings (SSSR count). The first-order chi connectivity index (χ1) is 8.82. The van der Waals surface area contributed by atoms with Gasteiger partial charge in [0.1, 0.15) is 0 Å². The largest absolute Gasteiger partial charge is 0.495 e. The summed E-state index contributed by atoms with van der Waals surface area (Å²) in [5.41, 5.74) is 2.67. The summed E-state index contributed by atoms with van der Waals surface area (Å²) in [6.45, 7) is 8.24. The van der Waals surface area contributed by atoms with Crippen LogP contribution in [-0.2, 0) is 15.7 Å². The maximum absolute atomic E-state index is 9.97. The van der Waals surface area contributed by atoms with Crippen molar-refractivity contribution in [1.82, 2.24) is 0 Å². The van der Waals surface area contributed by atoms with Gasteiger partial charge in [0.05, 0.1) is 17.3 Å². The fraction of sp³-hybridized carbons (Fsp3) is 0.600. The molecule has 1 atom stereocenters. The Bertz CT molecular complexity index is 494. The number of hydrogen-bond donors (Lipinski definition) is 1. The lowest BCUT2D eigenvalue weighted by Gasteiger charge is -2.32. The second kappa shape index (κ2) is 4.08. The summed E-state index contributed by atoms with van der Waals surface area (Å²) < 4.78 is 12.2. The van der Waals surface area contributed by atoms with Crippen LogP contribution in [0.2, 0.25) is 0 Å². The van der Waals surface area contributed by atoms with Gasteiger partial charge < -0.3 is 14.4 Å². The van der Waals surface area contributed by atoms with Crippen molar-refractivity contribution in [3.05, 3.63) is 29.3 Å². The van der Waals surface area contributed by atoms with Gasteiger partial charge >= 0.3 is 7.12 Å². The number of benzene rings is 1. The Balaban J connectivity index is 1.98. The predicted molar refractivity (Wildman–Crippen MR) is 75.4 cm³/mol. The molecule has 3 nitrogen and oxygen atoms in total. The van der Waals surface area contributed by atoms with Crippen LogP contribution in [0.15, 0.2) is 18.2 Å². The van der Waals surface area contributed by atoms with Gasteiger partial charge in [0.15, 0.2) is 0 Å². The van der Waals surface area contributed by atoms with Crippen LogP contribution in [0, 0.1) is 0 Å². The van der Waals surface area contributed by atoms with Gasteiger partial charge in [0.2, 0.25) is 0 Å². The summed E-state index contributed by atoms with van der Waals surface area (Å²) in [5.74, 6) is 0. The molecule has 19 heavy (non-hydrogen) atoms. The SMILES string of the molecule is CC1(C)OB(c2cccc3c2CC[C@H]3O)OC1(C)C. The molecule has 0 radical (unpaired) electrons. The van der Waals surface area contributed by atoms with Gasteiger partial charge in [-0.25, -0.2) is 0 Å². The highest BCUT2D eigenvalue weighted by atomic mass is 16.7. The van der Waals surface area contributed by atoms with E-state index in [0.29, 0.717) is 0 Å². The molecule has 0 amide bonds. The van der Waals surface area contributed by atoms with Crippen molar-refractivity contribution in [2.45, 2.75) is 57.8 Å². The smallest absolute Gasteiger partial charge is 0.399 e. The fourth-order valence-electron chi connectivity index (χ4n) is 2.85. The molecule has 0 aromatic heterocycles. The molecule has 0 saturated carbocycles. The first kappa shape index (κ1) is 13.2. The second-order valence-electron chi connectivity index (χ2n) is 6.56. The Morgan fingerprint density at radius 2 is 1.79 bits per heavy atom. The molecule has 0 spiro atoms. The van der Waals surface area contributed by atoms with Gasteiger partial charge in [-0.1, -0.05) is 18.2 Å². The second-order valence-corrected chi connectivity index (χ2v) is 6.56. The molecule has 0 unspecified atom stereocenters. The molecule has 1 heterocycles. The Kier molecular flexibility index (Phi) is 2.82. The molecular formula is C15H21BO3. The predicted octanol–water partition coefficient (Wildman–Crippen LogP) is 1.97. The molecule has 1 saturated heterocycles. The third-order valence-corrected chi connectivity index (χ3v) is 4.78. The summed E-state index contributed by atoms with van der Waals surface area (Å²) in [7, 11) is -0.328. The standard InChI is InChI=1S/C15H21BO3/c1-14(2)15(3,4)19-16(18-14)12-7-5-6-11-10(12)8-9-13(11)17/h5-7,13,17H,8-9H2,1-4H3/t13-/m1/s1. The van der Waals surface area contributed by atoms with Crippen molar-refractivity contribution in [2.75, 3.05) is 0 Å². The third kappa shape index (κ3) is 1.94. The highest BCUT2D eigenvalue weighted by molar-refractivity contribution is 6.62. The minimum atomic E-state index is -0.336. The van der Waals surface area contributed by atoms with Gasteiger partial charge in [0, 0.05) is 0 Å². The van der Waals surface area contributed by atoms with Crippen LogP contribution in [0.3, 0.4) is 0 Å². The van der Waals surface area contributed by atoms with Gasteiger partial charge in [-0.2, -0.15) is 0 Å². The molecule has 2 aliphatic rings. The van der Waals surface area contributed by atoms with E-state index in [4.69, 9.17) is 9.31 Å². The lowest BCUT2D eigenvalue weighted by atomic mass is 9.75. The van der Waals surface area contributed by atoms with Crippen LogP contribution in [-0.4, -0.2) is 23.4 Å². The number of fused-ring (bicyclic) bond motifs is 1. The Morgan fingerprint density at radius 3 is 2.42 bits per heavy atom. The van der Waals surface area contributed by atoms with Crippen LogP contribution in [0.5, 0.6) is 0 Å². The van der Waals surface area contributed by atoms with Crippen molar-refractivity contribution in [3.63, 3.8) is 0 Å². The molecule has 102 valence electrons. The highest BCUT2D eigenvalue weighted by Gasteiger charge is 2.52. The number of aliphatic hydroxyl groups is 1. The van der Waals surface area contributed by atoms with Gasteiger partial charge in [0.25, 0.3) is 0 Å². The minimum Gasteiger partial charge on any atom is -0.399 e. The zero-order chi connectivity index (χ0) is 13.8. The van der Waals surface area contributed by atoms with Crippen LogP contribution in [0.1, 0.15) is 51.3 Å². The molecule has 1 aliphatic heterocycles. The van der Waals surface area contributed by atoms with Crippen molar-refractivity contribution < 1.29 is 14.4 Å². The highest BCUT2D eigenvalue weighted by Crippen LogP contribution is 2.38. The summed E-state index contributed by atoms with van der Waals surface area (Å²) in [5, 5.41) is 9.97. The molecule has 1 aromatic carbocycles. The molecule has 1 aliphatic carbocycles. The first-order valence-corrected chi connectivity index (χ1v) is 6.97. The Labute approximate surface area is 115 Å². The maximum Gasteiger partial charge on any atom is 0.495 e. The Morgan fingerprint density at radius 1 is 1.16 bits per heavy atom. The normalized spacial score (nSPS) is 27.6. The van der Waals surface area contributed by atoms with Gasteiger partial charge in [-0.05, 0) is 57.1 Å². The van der Waals surface area contributed by atoms with E-state index in [0.717, 1.165) is 23.9 Å². The van der Waals surface area contributed by atoms with E-state index < -0.39 is 0 Å².